The molecule has 1 aromatic heterocycles. The maximum Gasteiger partial charge on any atom is 0.256 e. The predicted octanol–water partition coefficient (Wildman–Crippen LogP) is 2.95. The summed E-state index contributed by atoms with van der Waals surface area (Å²) >= 11 is 8.46. The van der Waals surface area contributed by atoms with Crippen LogP contribution in [0.4, 0.5) is 0 Å². The maximum absolute atomic E-state index is 12.6. The molecule has 6 heteroatoms. The Bertz CT molecular complexity index is 490. The van der Waals surface area contributed by atoms with Crippen molar-refractivity contribution in [3.8, 4) is 0 Å². The molecule has 2 fully saturated rings. The largest absolute Gasteiger partial charge is 0.335 e. The fourth-order valence-electron chi connectivity index (χ4n) is 3.08. The van der Waals surface area contributed by atoms with E-state index in [1.165, 1.54) is 0 Å². The van der Waals surface area contributed by atoms with Crippen LogP contribution in [-0.2, 0) is 0 Å². The summed E-state index contributed by atoms with van der Waals surface area (Å²) in [4.78, 5) is 14.6. The van der Waals surface area contributed by atoms with Gasteiger partial charge in [-0.15, -0.1) is 11.3 Å². The standard InChI is InChI=1S/C12H14Br2N2OS/c1-6-9-4-15-3-7(9)5-16(6)12(17)8-2-10(13)18-11(8)14/h2,6-7,9,15H,3-5H2,1H3. The summed E-state index contributed by atoms with van der Waals surface area (Å²) in [6, 6.07) is 2.25. The second-order valence-corrected chi connectivity index (χ2v) is 8.77. The minimum absolute atomic E-state index is 0.158. The molecule has 0 spiro atoms. The zero-order valence-corrected chi connectivity index (χ0v) is 13.9. The summed E-state index contributed by atoms with van der Waals surface area (Å²) < 4.78 is 1.91. The monoisotopic (exact) mass is 392 g/mol. The van der Waals surface area contributed by atoms with Crippen LogP contribution in [0.5, 0.6) is 0 Å². The van der Waals surface area contributed by atoms with Crippen molar-refractivity contribution in [3.05, 3.63) is 19.2 Å². The van der Waals surface area contributed by atoms with Gasteiger partial charge in [-0.1, -0.05) is 0 Å². The first-order chi connectivity index (χ1) is 8.58. The van der Waals surface area contributed by atoms with Crippen molar-refractivity contribution >= 4 is 49.1 Å². The molecule has 2 saturated heterocycles. The number of likely N-dealkylation sites (tertiary alicyclic amines) is 1. The summed E-state index contributed by atoms with van der Waals surface area (Å²) in [7, 11) is 0. The molecule has 3 nitrogen and oxygen atoms in total. The summed E-state index contributed by atoms with van der Waals surface area (Å²) in [5.74, 6) is 1.41. The Morgan fingerprint density at radius 2 is 2.28 bits per heavy atom. The number of thiophene rings is 1. The Labute approximate surface area is 127 Å². The fraction of sp³-hybridized carbons (Fsp3) is 0.583. The van der Waals surface area contributed by atoms with E-state index in [1.54, 1.807) is 11.3 Å². The molecule has 0 aromatic carbocycles. The third kappa shape index (κ3) is 2.07. The van der Waals surface area contributed by atoms with E-state index in [4.69, 9.17) is 0 Å². The van der Waals surface area contributed by atoms with Crippen LogP contribution in [0.15, 0.2) is 13.6 Å². The van der Waals surface area contributed by atoms with Crippen LogP contribution < -0.4 is 5.32 Å². The van der Waals surface area contributed by atoms with Crippen LogP contribution in [-0.4, -0.2) is 36.5 Å². The van der Waals surface area contributed by atoms with Crippen molar-refractivity contribution in [2.45, 2.75) is 13.0 Å². The quantitative estimate of drug-likeness (QED) is 0.795. The summed E-state index contributed by atoms with van der Waals surface area (Å²) in [5, 5.41) is 3.42. The molecule has 1 N–H and O–H groups in total. The first-order valence-corrected chi connectivity index (χ1v) is 8.44. The molecule has 18 heavy (non-hydrogen) atoms. The SMILES string of the molecule is CC1C2CNCC2CN1C(=O)c1cc(Br)sc1Br. The maximum atomic E-state index is 12.6. The number of amides is 1. The number of hydrogen-bond donors (Lipinski definition) is 1. The van der Waals surface area contributed by atoms with E-state index in [0.29, 0.717) is 17.9 Å². The number of carbonyl (C=O) groups is 1. The average Bonchev–Trinajstić information content (AvgIpc) is 2.96. The summed E-state index contributed by atoms with van der Waals surface area (Å²) in [6.07, 6.45) is 0. The summed E-state index contributed by atoms with van der Waals surface area (Å²) in [6.45, 7) is 5.15. The van der Waals surface area contributed by atoms with Crippen LogP contribution in [0.25, 0.3) is 0 Å². The molecule has 2 aliphatic rings. The molecule has 98 valence electrons. The first-order valence-electron chi connectivity index (χ1n) is 6.04. The molecule has 0 bridgehead atoms. The van der Waals surface area contributed by atoms with Gasteiger partial charge in [-0.3, -0.25) is 4.79 Å². The van der Waals surface area contributed by atoms with E-state index in [-0.39, 0.29) is 5.91 Å². The van der Waals surface area contributed by atoms with Crippen LogP contribution in [0.2, 0.25) is 0 Å². The van der Waals surface area contributed by atoms with E-state index < -0.39 is 0 Å². The number of hydrogen-bond acceptors (Lipinski definition) is 3. The third-order valence-corrected chi connectivity index (χ3v) is 6.42. The molecule has 1 aromatic rings. The van der Waals surface area contributed by atoms with Gasteiger partial charge in [0.1, 0.15) is 0 Å². The lowest BCUT2D eigenvalue weighted by Gasteiger charge is -2.24. The zero-order chi connectivity index (χ0) is 12.9. The zero-order valence-electron chi connectivity index (χ0n) is 9.95. The van der Waals surface area contributed by atoms with Gasteiger partial charge in [-0.05, 0) is 56.7 Å². The van der Waals surface area contributed by atoms with E-state index in [1.807, 2.05) is 11.0 Å². The highest BCUT2D eigenvalue weighted by Gasteiger charge is 2.44. The fourth-order valence-corrected chi connectivity index (χ4v) is 5.85. The van der Waals surface area contributed by atoms with Gasteiger partial charge >= 0.3 is 0 Å². The molecule has 0 saturated carbocycles. The van der Waals surface area contributed by atoms with Gasteiger partial charge in [0.25, 0.3) is 5.91 Å². The minimum Gasteiger partial charge on any atom is -0.335 e. The van der Waals surface area contributed by atoms with E-state index >= 15 is 0 Å². The number of nitrogens with zero attached hydrogens (tertiary/aromatic N) is 1. The van der Waals surface area contributed by atoms with Gasteiger partial charge in [0.15, 0.2) is 0 Å². The molecular formula is C12H14Br2N2OS. The molecule has 2 aliphatic heterocycles. The van der Waals surface area contributed by atoms with E-state index in [0.717, 1.165) is 32.8 Å². The van der Waals surface area contributed by atoms with Crippen molar-refractivity contribution in [3.63, 3.8) is 0 Å². The molecule has 3 unspecified atom stereocenters. The molecule has 1 amide bonds. The normalized spacial score (nSPS) is 30.8. The number of rotatable bonds is 1. The highest BCUT2D eigenvalue weighted by molar-refractivity contribution is 9.12. The third-order valence-electron chi connectivity index (χ3n) is 4.08. The molecule has 0 radical (unpaired) electrons. The minimum atomic E-state index is 0.158. The van der Waals surface area contributed by atoms with E-state index in [2.05, 4.69) is 44.1 Å². The second kappa shape index (κ2) is 4.89. The molecule has 3 heterocycles. The lowest BCUT2D eigenvalue weighted by atomic mass is 9.95. The molecule has 3 rings (SSSR count). The second-order valence-electron chi connectivity index (χ2n) is 5.02. The topological polar surface area (TPSA) is 32.3 Å². The van der Waals surface area contributed by atoms with Crippen molar-refractivity contribution in [1.82, 2.24) is 10.2 Å². The van der Waals surface area contributed by atoms with Crippen LogP contribution in [0.1, 0.15) is 17.3 Å². The smallest absolute Gasteiger partial charge is 0.256 e. The van der Waals surface area contributed by atoms with Gasteiger partial charge < -0.3 is 10.2 Å². The van der Waals surface area contributed by atoms with Gasteiger partial charge in [0, 0.05) is 25.7 Å². The van der Waals surface area contributed by atoms with Crippen molar-refractivity contribution < 1.29 is 4.79 Å². The Morgan fingerprint density at radius 3 is 2.89 bits per heavy atom. The lowest BCUT2D eigenvalue weighted by molar-refractivity contribution is 0.0728. The van der Waals surface area contributed by atoms with Crippen LogP contribution in [0.3, 0.4) is 0 Å². The Kier molecular flexibility index (Phi) is 3.55. The van der Waals surface area contributed by atoms with Crippen molar-refractivity contribution in [1.29, 1.82) is 0 Å². The molecule has 0 aliphatic carbocycles. The Balaban J connectivity index is 1.83. The Hall–Kier alpha value is 0.0900. The van der Waals surface area contributed by atoms with E-state index in [9.17, 15) is 4.79 Å². The number of fused-ring (bicyclic) bond motifs is 1. The summed E-state index contributed by atoms with van der Waals surface area (Å²) in [5.41, 5.74) is 0.784. The first kappa shape index (κ1) is 13.1. The average molecular weight is 394 g/mol. The lowest BCUT2D eigenvalue weighted by Crippen LogP contribution is -2.38. The van der Waals surface area contributed by atoms with Crippen molar-refractivity contribution in [2.75, 3.05) is 19.6 Å². The van der Waals surface area contributed by atoms with Gasteiger partial charge in [-0.25, -0.2) is 0 Å². The van der Waals surface area contributed by atoms with Crippen LogP contribution >= 0.6 is 43.2 Å². The predicted molar refractivity (Wildman–Crippen MR) is 80.1 cm³/mol. The van der Waals surface area contributed by atoms with Crippen LogP contribution in [0, 0.1) is 11.8 Å². The number of carbonyl (C=O) groups excluding carboxylic acids is 1. The van der Waals surface area contributed by atoms with Gasteiger partial charge in [0.05, 0.1) is 13.1 Å². The number of nitrogens with one attached hydrogen (secondary N) is 1. The van der Waals surface area contributed by atoms with Crippen molar-refractivity contribution in [2.24, 2.45) is 11.8 Å². The molecule has 3 atom stereocenters. The Morgan fingerprint density at radius 1 is 1.50 bits per heavy atom. The highest BCUT2D eigenvalue weighted by Crippen LogP contribution is 2.37. The highest BCUT2D eigenvalue weighted by atomic mass is 79.9. The number of halogens is 2. The van der Waals surface area contributed by atoms with Gasteiger partial charge in [-0.2, -0.15) is 0 Å². The molecular weight excluding hydrogens is 380 g/mol. The van der Waals surface area contributed by atoms with Gasteiger partial charge in [0.2, 0.25) is 0 Å².